The number of piperidine rings is 3. The van der Waals surface area contributed by atoms with Crippen LogP contribution in [0.4, 0.5) is 0 Å². The van der Waals surface area contributed by atoms with Gasteiger partial charge in [-0.25, -0.2) is 4.98 Å². The fourth-order valence-electron chi connectivity index (χ4n) is 4.92. The van der Waals surface area contributed by atoms with Crippen LogP contribution in [0.25, 0.3) is 0 Å². The number of aryl methyl sites for hydroxylation is 2. The lowest BCUT2D eigenvalue weighted by atomic mass is 9.72. The van der Waals surface area contributed by atoms with Gasteiger partial charge in [0.1, 0.15) is 4.88 Å². The molecule has 8 heteroatoms. The van der Waals surface area contributed by atoms with E-state index in [-0.39, 0.29) is 30.3 Å². The van der Waals surface area contributed by atoms with Crippen molar-refractivity contribution in [1.82, 2.24) is 20.5 Å². The summed E-state index contributed by atoms with van der Waals surface area (Å²) in [6, 6.07) is 0.458. The second-order valence-electron chi connectivity index (χ2n) is 7.60. The monoisotopic (exact) mass is 398 g/mol. The molecule has 3 aliphatic rings. The Morgan fingerprint density at radius 3 is 2.85 bits per heavy atom. The second-order valence-corrected chi connectivity index (χ2v) is 8.80. The Bertz CT molecular complexity index is 695. The molecule has 4 atom stereocenters. The van der Waals surface area contributed by atoms with Crippen molar-refractivity contribution in [2.24, 2.45) is 11.8 Å². The van der Waals surface area contributed by atoms with Gasteiger partial charge in [0.05, 0.1) is 16.7 Å². The topological polar surface area (TPSA) is 74.3 Å². The lowest BCUT2D eigenvalue weighted by Gasteiger charge is -2.54. The van der Waals surface area contributed by atoms with Crippen molar-refractivity contribution in [2.45, 2.75) is 51.6 Å². The van der Waals surface area contributed by atoms with Gasteiger partial charge in [-0.3, -0.25) is 9.59 Å². The summed E-state index contributed by atoms with van der Waals surface area (Å²) in [6.45, 7) is 6.28. The van der Waals surface area contributed by atoms with E-state index in [0.29, 0.717) is 35.7 Å². The quantitative estimate of drug-likeness (QED) is 0.815. The predicted octanol–water partition coefficient (Wildman–Crippen LogP) is 1.90. The number of nitrogens with zero attached hydrogens (tertiary/aromatic N) is 2. The number of carbonyl (C=O) groups is 2. The Kier molecular flexibility index (Phi) is 5.89. The number of thiazole rings is 1. The van der Waals surface area contributed by atoms with E-state index >= 15 is 0 Å². The first-order valence-electron chi connectivity index (χ1n) is 9.28. The Morgan fingerprint density at radius 1 is 1.35 bits per heavy atom. The van der Waals surface area contributed by atoms with Crippen LogP contribution in [-0.4, -0.2) is 53.4 Å². The normalized spacial score (nSPS) is 30.4. The van der Waals surface area contributed by atoms with E-state index in [4.69, 9.17) is 0 Å². The standard InChI is InChI=1S/C18H26N4O2S.ClH/c1-10-17(25-11(2)21-10)18(24)20-9-15-13-6-12(7-19-8-13)14-4-3-5-16(23)22(14)15;/h12-15,19H,3-9H2,1-2H3,(H,20,24);1H/t12-,13+,14+,15+;/m1./s1. The molecular weight excluding hydrogens is 372 g/mol. The van der Waals surface area contributed by atoms with Gasteiger partial charge in [-0.2, -0.15) is 0 Å². The smallest absolute Gasteiger partial charge is 0.263 e. The molecular formula is C18H27ClN4O2S. The van der Waals surface area contributed by atoms with Crippen molar-refractivity contribution in [3.05, 3.63) is 15.6 Å². The highest BCUT2D eigenvalue weighted by molar-refractivity contribution is 7.13. The van der Waals surface area contributed by atoms with Crippen LogP contribution < -0.4 is 10.6 Å². The largest absolute Gasteiger partial charge is 0.349 e. The summed E-state index contributed by atoms with van der Waals surface area (Å²) in [7, 11) is 0. The van der Waals surface area contributed by atoms with Crippen LogP contribution in [0.15, 0.2) is 0 Å². The average molecular weight is 399 g/mol. The number of aromatic nitrogens is 1. The van der Waals surface area contributed by atoms with Gasteiger partial charge in [0.2, 0.25) is 5.91 Å². The summed E-state index contributed by atoms with van der Waals surface area (Å²) in [5.41, 5.74) is 0.787. The number of nitrogens with one attached hydrogen (secondary N) is 2. The highest BCUT2D eigenvalue weighted by Crippen LogP contribution is 2.39. The molecule has 3 fully saturated rings. The third-order valence-electron chi connectivity index (χ3n) is 5.98. The molecule has 1 aromatic heterocycles. The lowest BCUT2D eigenvalue weighted by molar-refractivity contribution is -0.148. The van der Waals surface area contributed by atoms with E-state index in [1.54, 1.807) is 0 Å². The molecule has 4 rings (SSSR count). The Labute approximate surface area is 164 Å². The number of carbonyl (C=O) groups excluding carboxylic acids is 2. The number of hydrogen-bond donors (Lipinski definition) is 2. The van der Waals surface area contributed by atoms with Gasteiger partial charge in [0.25, 0.3) is 5.91 Å². The maximum atomic E-state index is 12.6. The van der Waals surface area contributed by atoms with Gasteiger partial charge in [-0.1, -0.05) is 0 Å². The summed E-state index contributed by atoms with van der Waals surface area (Å²) in [5.74, 6) is 1.22. The molecule has 3 saturated heterocycles. The summed E-state index contributed by atoms with van der Waals surface area (Å²) in [4.78, 5) is 32.4. The maximum Gasteiger partial charge on any atom is 0.263 e. The zero-order chi connectivity index (χ0) is 17.6. The molecule has 6 nitrogen and oxygen atoms in total. The first-order chi connectivity index (χ1) is 12.0. The van der Waals surface area contributed by atoms with Crippen LogP contribution in [0.3, 0.4) is 0 Å². The van der Waals surface area contributed by atoms with E-state index in [2.05, 4.69) is 20.5 Å². The summed E-state index contributed by atoms with van der Waals surface area (Å²) in [5, 5.41) is 7.54. The number of rotatable bonds is 3. The molecule has 0 aliphatic carbocycles. The zero-order valence-electron chi connectivity index (χ0n) is 15.3. The molecule has 4 heterocycles. The fraction of sp³-hybridized carbons (Fsp3) is 0.722. The first-order valence-corrected chi connectivity index (χ1v) is 10.1. The SMILES string of the molecule is Cc1nc(C)c(C(=O)NC[C@H]2[C@@H]3CNC[C@@H](C3)[C@@H]3CCCC(=O)N32)s1.Cl. The van der Waals surface area contributed by atoms with Crippen molar-refractivity contribution >= 4 is 35.6 Å². The van der Waals surface area contributed by atoms with Crippen molar-refractivity contribution in [1.29, 1.82) is 0 Å². The third kappa shape index (κ3) is 3.49. The van der Waals surface area contributed by atoms with Crippen molar-refractivity contribution < 1.29 is 9.59 Å². The molecule has 2 bridgehead atoms. The molecule has 0 aromatic carbocycles. The van der Waals surface area contributed by atoms with E-state index in [0.717, 1.165) is 36.6 Å². The van der Waals surface area contributed by atoms with E-state index < -0.39 is 0 Å². The molecule has 0 spiro atoms. The molecule has 3 aliphatic heterocycles. The molecule has 1 aromatic rings. The molecule has 0 unspecified atom stereocenters. The van der Waals surface area contributed by atoms with E-state index in [1.165, 1.54) is 17.8 Å². The molecule has 2 N–H and O–H groups in total. The Morgan fingerprint density at radius 2 is 2.12 bits per heavy atom. The predicted molar refractivity (Wildman–Crippen MR) is 104 cm³/mol. The number of amides is 2. The van der Waals surface area contributed by atoms with Crippen LogP contribution >= 0.6 is 23.7 Å². The van der Waals surface area contributed by atoms with Gasteiger partial charge >= 0.3 is 0 Å². The van der Waals surface area contributed by atoms with Crippen LogP contribution in [0.2, 0.25) is 0 Å². The van der Waals surface area contributed by atoms with Crippen LogP contribution in [0.1, 0.15) is 46.1 Å². The number of hydrogen-bond acceptors (Lipinski definition) is 5. The number of halogens is 1. The zero-order valence-corrected chi connectivity index (χ0v) is 16.9. The van der Waals surface area contributed by atoms with Gasteiger partial charge in [0, 0.05) is 25.6 Å². The fourth-order valence-corrected chi connectivity index (χ4v) is 5.75. The van der Waals surface area contributed by atoms with Gasteiger partial charge in [0.15, 0.2) is 0 Å². The van der Waals surface area contributed by atoms with E-state index in [9.17, 15) is 9.59 Å². The van der Waals surface area contributed by atoms with Gasteiger partial charge < -0.3 is 15.5 Å². The van der Waals surface area contributed by atoms with E-state index in [1.807, 2.05) is 13.8 Å². The lowest BCUT2D eigenvalue weighted by Crippen LogP contribution is -2.66. The minimum absolute atomic E-state index is 0. The summed E-state index contributed by atoms with van der Waals surface area (Å²) >= 11 is 1.43. The molecule has 26 heavy (non-hydrogen) atoms. The summed E-state index contributed by atoms with van der Waals surface area (Å²) < 4.78 is 0. The minimum atomic E-state index is -0.0602. The molecule has 2 amide bonds. The number of fused-ring (bicyclic) bond motifs is 4. The third-order valence-corrected chi connectivity index (χ3v) is 7.05. The summed E-state index contributed by atoms with van der Waals surface area (Å²) in [6.07, 6.45) is 3.92. The van der Waals surface area contributed by atoms with Crippen molar-refractivity contribution in [2.75, 3.05) is 19.6 Å². The highest BCUT2D eigenvalue weighted by atomic mass is 35.5. The van der Waals surface area contributed by atoms with Gasteiger partial charge in [-0.05, 0) is 51.5 Å². The van der Waals surface area contributed by atoms with Crippen LogP contribution in [0.5, 0.6) is 0 Å². The first kappa shape index (κ1) is 19.6. The van der Waals surface area contributed by atoms with Gasteiger partial charge in [-0.15, -0.1) is 23.7 Å². The molecule has 144 valence electrons. The Hall–Kier alpha value is -1.18. The molecule has 0 saturated carbocycles. The van der Waals surface area contributed by atoms with Crippen molar-refractivity contribution in [3.63, 3.8) is 0 Å². The highest BCUT2D eigenvalue weighted by Gasteiger charge is 2.47. The minimum Gasteiger partial charge on any atom is -0.349 e. The van der Waals surface area contributed by atoms with Crippen LogP contribution in [-0.2, 0) is 4.79 Å². The second kappa shape index (κ2) is 7.82. The van der Waals surface area contributed by atoms with Crippen LogP contribution in [0, 0.1) is 25.7 Å². The Balaban J connectivity index is 0.00000196. The maximum absolute atomic E-state index is 12.6. The van der Waals surface area contributed by atoms with Crippen molar-refractivity contribution in [3.8, 4) is 0 Å². The molecule has 0 radical (unpaired) electrons. The average Bonchev–Trinajstić information content (AvgIpc) is 2.94.